The summed E-state index contributed by atoms with van der Waals surface area (Å²) in [5, 5.41) is 3.31. The Morgan fingerprint density at radius 2 is 2.33 bits per heavy atom. The number of nitrogens with one attached hydrogen (secondary N) is 1. The maximum Gasteiger partial charge on any atom is 0.168 e. The largest absolute Gasteiger partial charge is 0.354 e. The Morgan fingerprint density at radius 1 is 1.50 bits per heavy atom. The number of halogens is 2. The molecule has 0 spiro atoms. The molecule has 0 bridgehead atoms. The van der Waals surface area contributed by atoms with Gasteiger partial charge in [-0.3, -0.25) is 0 Å². The minimum Gasteiger partial charge on any atom is -0.354 e. The van der Waals surface area contributed by atoms with Gasteiger partial charge in [-0.15, -0.1) is 0 Å². The van der Waals surface area contributed by atoms with Gasteiger partial charge in [-0.1, -0.05) is 6.92 Å². The Kier molecular flexibility index (Phi) is 4.47. The van der Waals surface area contributed by atoms with Crippen LogP contribution in [-0.4, -0.2) is 31.2 Å². The van der Waals surface area contributed by atoms with Crippen LogP contribution in [0.15, 0.2) is 12.3 Å². The van der Waals surface area contributed by atoms with Crippen molar-refractivity contribution in [3.63, 3.8) is 0 Å². The number of nitrogens with zero attached hydrogens (tertiary/aromatic N) is 2. The molecule has 0 aliphatic carbocycles. The van der Waals surface area contributed by atoms with E-state index >= 15 is 0 Å². The minimum absolute atomic E-state index is 0.276. The van der Waals surface area contributed by atoms with Gasteiger partial charge in [0, 0.05) is 19.2 Å². The fourth-order valence-electron chi connectivity index (χ4n) is 2.41. The Labute approximate surface area is 106 Å². The topological polar surface area (TPSA) is 28.2 Å². The molecule has 0 saturated carbocycles. The first-order valence-electron chi connectivity index (χ1n) is 6.47. The van der Waals surface area contributed by atoms with Crippen molar-refractivity contribution >= 4 is 5.82 Å². The van der Waals surface area contributed by atoms with Gasteiger partial charge in [0.2, 0.25) is 0 Å². The maximum absolute atomic E-state index is 13.7. The quantitative estimate of drug-likeness (QED) is 0.894. The molecule has 1 N–H and O–H groups in total. The summed E-state index contributed by atoms with van der Waals surface area (Å²) in [6, 6.07) is 0.899. The van der Waals surface area contributed by atoms with Gasteiger partial charge in [0.25, 0.3) is 0 Å². The van der Waals surface area contributed by atoms with Gasteiger partial charge >= 0.3 is 0 Å². The molecular formula is C13H19F2N3. The summed E-state index contributed by atoms with van der Waals surface area (Å²) in [7, 11) is 0. The van der Waals surface area contributed by atoms with Gasteiger partial charge < -0.3 is 10.2 Å². The lowest BCUT2D eigenvalue weighted by atomic mass is 9.98. The lowest BCUT2D eigenvalue weighted by Gasteiger charge is -2.33. The SMILES string of the molecule is CCNCC1CCCN(c2ncc(F)cc2F)C1. The Bertz CT molecular complexity index is 398. The van der Waals surface area contributed by atoms with E-state index in [0.29, 0.717) is 5.92 Å². The molecule has 0 aromatic carbocycles. The van der Waals surface area contributed by atoms with Crippen LogP contribution in [0.1, 0.15) is 19.8 Å². The second-order valence-electron chi connectivity index (χ2n) is 4.72. The third kappa shape index (κ3) is 3.16. The molecule has 100 valence electrons. The number of hydrogen-bond donors (Lipinski definition) is 1. The van der Waals surface area contributed by atoms with E-state index in [4.69, 9.17) is 0 Å². The predicted octanol–water partition coefficient (Wildman–Crippen LogP) is 2.19. The molecule has 2 heterocycles. The first-order chi connectivity index (χ1) is 8.70. The van der Waals surface area contributed by atoms with Crippen LogP contribution in [0.2, 0.25) is 0 Å². The first kappa shape index (κ1) is 13.2. The van der Waals surface area contributed by atoms with Gasteiger partial charge in [0.05, 0.1) is 6.20 Å². The lowest BCUT2D eigenvalue weighted by Crippen LogP contribution is -2.40. The third-order valence-corrected chi connectivity index (χ3v) is 3.29. The Morgan fingerprint density at radius 3 is 3.06 bits per heavy atom. The van der Waals surface area contributed by atoms with E-state index in [1.807, 2.05) is 4.90 Å². The van der Waals surface area contributed by atoms with Gasteiger partial charge in [-0.2, -0.15) is 0 Å². The molecule has 0 amide bonds. The van der Waals surface area contributed by atoms with Gasteiger partial charge in [0.1, 0.15) is 5.82 Å². The third-order valence-electron chi connectivity index (χ3n) is 3.29. The first-order valence-corrected chi connectivity index (χ1v) is 6.47. The van der Waals surface area contributed by atoms with Crippen LogP contribution in [0.4, 0.5) is 14.6 Å². The number of pyridine rings is 1. The van der Waals surface area contributed by atoms with E-state index in [0.717, 1.165) is 51.3 Å². The molecule has 3 nitrogen and oxygen atoms in total. The van der Waals surface area contributed by atoms with Crippen molar-refractivity contribution in [2.24, 2.45) is 5.92 Å². The second kappa shape index (κ2) is 6.09. The number of aromatic nitrogens is 1. The average molecular weight is 255 g/mol. The van der Waals surface area contributed by atoms with Gasteiger partial charge in [-0.05, 0) is 31.8 Å². The van der Waals surface area contributed by atoms with Crippen molar-refractivity contribution in [3.05, 3.63) is 23.9 Å². The summed E-state index contributed by atoms with van der Waals surface area (Å²) < 4.78 is 26.5. The van der Waals surface area contributed by atoms with E-state index in [1.165, 1.54) is 0 Å². The normalized spacial score (nSPS) is 20.2. The molecule has 1 aliphatic heterocycles. The molecule has 2 rings (SSSR count). The molecule has 1 unspecified atom stereocenters. The van der Waals surface area contributed by atoms with E-state index in [9.17, 15) is 8.78 Å². The van der Waals surface area contributed by atoms with Crippen molar-refractivity contribution in [1.29, 1.82) is 0 Å². The molecule has 0 radical (unpaired) electrons. The monoisotopic (exact) mass is 255 g/mol. The highest BCUT2D eigenvalue weighted by molar-refractivity contribution is 5.40. The van der Waals surface area contributed by atoms with Crippen LogP contribution in [-0.2, 0) is 0 Å². The highest BCUT2D eigenvalue weighted by Crippen LogP contribution is 2.23. The van der Waals surface area contributed by atoms with E-state index < -0.39 is 11.6 Å². The molecule has 1 aromatic heterocycles. The van der Waals surface area contributed by atoms with E-state index in [1.54, 1.807) is 0 Å². The second-order valence-corrected chi connectivity index (χ2v) is 4.72. The van der Waals surface area contributed by atoms with Gasteiger partial charge in [0.15, 0.2) is 11.6 Å². The summed E-state index contributed by atoms with van der Waals surface area (Å²) in [6.45, 7) is 5.53. The number of piperidine rings is 1. The fourth-order valence-corrected chi connectivity index (χ4v) is 2.41. The Hall–Kier alpha value is -1.23. The number of rotatable bonds is 4. The van der Waals surface area contributed by atoms with Crippen LogP contribution in [0.5, 0.6) is 0 Å². The molecule has 5 heteroatoms. The summed E-state index contributed by atoms with van der Waals surface area (Å²) in [6.07, 6.45) is 3.24. The zero-order valence-corrected chi connectivity index (χ0v) is 10.6. The zero-order chi connectivity index (χ0) is 13.0. The van der Waals surface area contributed by atoms with Crippen molar-refractivity contribution in [3.8, 4) is 0 Å². The Balaban J connectivity index is 2.03. The van der Waals surface area contributed by atoms with Gasteiger partial charge in [-0.25, -0.2) is 13.8 Å². The summed E-state index contributed by atoms with van der Waals surface area (Å²) in [4.78, 5) is 5.79. The summed E-state index contributed by atoms with van der Waals surface area (Å²) in [5.41, 5.74) is 0. The summed E-state index contributed by atoms with van der Waals surface area (Å²) >= 11 is 0. The average Bonchev–Trinajstić information content (AvgIpc) is 2.36. The van der Waals surface area contributed by atoms with E-state index in [2.05, 4.69) is 17.2 Å². The minimum atomic E-state index is -0.627. The van der Waals surface area contributed by atoms with Crippen molar-refractivity contribution in [2.45, 2.75) is 19.8 Å². The highest BCUT2D eigenvalue weighted by Gasteiger charge is 2.22. The molecule has 1 fully saturated rings. The van der Waals surface area contributed by atoms with Crippen molar-refractivity contribution in [2.75, 3.05) is 31.1 Å². The van der Waals surface area contributed by atoms with Crippen LogP contribution in [0, 0.1) is 17.6 Å². The molecule has 1 atom stereocenters. The molecule has 1 aliphatic rings. The van der Waals surface area contributed by atoms with Crippen molar-refractivity contribution in [1.82, 2.24) is 10.3 Å². The molecule has 18 heavy (non-hydrogen) atoms. The summed E-state index contributed by atoms with van der Waals surface area (Å²) in [5.74, 6) is -0.417. The predicted molar refractivity (Wildman–Crippen MR) is 67.6 cm³/mol. The fraction of sp³-hybridized carbons (Fsp3) is 0.615. The number of anilines is 1. The van der Waals surface area contributed by atoms with Crippen LogP contribution < -0.4 is 10.2 Å². The lowest BCUT2D eigenvalue weighted by molar-refractivity contribution is 0.390. The molecule has 1 aromatic rings. The van der Waals surface area contributed by atoms with Crippen LogP contribution in [0.25, 0.3) is 0 Å². The van der Waals surface area contributed by atoms with Crippen molar-refractivity contribution < 1.29 is 8.78 Å². The van der Waals surface area contributed by atoms with Crippen LogP contribution in [0.3, 0.4) is 0 Å². The smallest absolute Gasteiger partial charge is 0.168 e. The number of hydrogen-bond acceptors (Lipinski definition) is 3. The zero-order valence-electron chi connectivity index (χ0n) is 10.6. The maximum atomic E-state index is 13.7. The van der Waals surface area contributed by atoms with E-state index in [-0.39, 0.29) is 5.82 Å². The molecule has 1 saturated heterocycles. The standard InChI is InChI=1S/C13H19F2N3/c1-2-16-7-10-4-3-5-18(9-10)13-12(15)6-11(14)8-17-13/h6,8,10,16H,2-5,7,9H2,1H3. The molecular weight excluding hydrogens is 236 g/mol. The van der Waals surface area contributed by atoms with Crippen LogP contribution >= 0.6 is 0 Å². The highest BCUT2D eigenvalue weighted by atomic mass is 19.1.